The Morgan fingerprint density at radius 2 is 1.74 bits per heavy atom. The number of aromatic nitrogens is 3. The van der Waals surface area contributed by atoms with Gasteiger partial charge in [0, 0.05) is 11.7 Å². The number of nitrogens with one attached hydrogen (secondary N) is 2. The number of nitro groups is 1. The summed E-state index contributed by atoms with van der Waals surface area (Å²) in [6, 6.07) is 3.56. The maximum absolute atomic E-state index is 11.8. The van der Waals surface area contributed by atoms with E-state index < -0.39 is 4.92 Å². The maximum atomic E-state index is 11.8. The minimum Gasteiger partial charge on any atom is -0.359 e. The number of anilines is 3. The highest BCUT2D eigenvalue weighted by atomic mass is 16.6. The second-order valence-electron chi connectivity index (χ2n) is 8.37. The highest BCUT2D eigenvalue weighted by Gasteiger charge is 2.51. The van der Waals surface area contributed by atoms with E-state index in [-0.39, 0.29) is 17.0 Å². The third-order valence-electron chi connectivity index (χ3n) is 6.35. The minimum absolute atomic E-state index is 0.0561. The van der Waals surface area contributed by atoms with Crippen LogP contribution in [0.3, 0.4) is 0 Å². The second kappa shape index (κ2) is 6.14. The first-order chi connectivity index (χ1) is 13.1. The average molecular weight is 366 g/mol. The quantitative estimate of drug-likeness (QED) is 0.610. The van der Waals surface area contributed by atoms with Gasteiger partial charge in [-0.3, -0.25) is 15.1 Å². The molecule has 4 saturated carbocycles. The van der Waals surface area contributed by atoms with Crippen molar-refractivity contribution in [3.63, 3.8) is 0 Å². The molecular weight excluding hydrogens is 344 g/mol. The van der Waals surface area contributed by atoms with Crippen molar-refractivity contribution in [2.24, 2.45) is 17.8 Å². The molecule has 0 aromatic carbocycles. The van der Waals surface area contributed by atoms with E-state index in [9.17, 15) is 10.1 Å². The zero-order valence-electron chi connectivity index (χ0n) is 15.0. The fraction of sp³-hybridized carbons (Fsp3) is 0.526. The van der Waals surface area contributed by atoms with Crippen molar-refractivity contribution >= 4 is 23.0 Å². The summed E-state index contributed by atoms with van der Waals surface area (Å²) in [4.78, 5) is 23.9. The van der Waals surface area contributed by atoms with Crippen molar-refractivity contribution in [1.82, 2.24) is 15.0 Å². The first-order valence-electron chi connectivity index (χ1n) is 9.55. The van der Waals surface area contributed by atoms with E-state index >= 15 is 0 Å². The SMILES string of the molecule is O=[N+]([O-])c1c(Nc2cccnc2)ncnc1NC12CC3CC(CC(C3)C1)C2. The number of hydrogen-bond acceptors (Lipinski definition) is 7. The lowest BCUT2D eigenvalue weighted by Gasteiger charge is -2.57. The predicted octanol–water partition coefficient (Wildman–Crippen LogP) is 3.90. The van der Waals surface area contributed by atoms with Gasteiger partial charge in [-0.1, -0.05) is 0 Å². The van der Waals surface area contributed by atoms with Gasteiger partial charge in [0.2, 0.25) is 11.6 Å². The van der Waals surface area contributed by atoms with E-state index in [1.165, 1.54) is 25.6 Å². The predicted molar refractivity (Wildman–Crippen MR) is 101 cm³/mol. The van der Waals surface area contributed by atoms with Crippen LogP contribution in [0.25, 0.3) is 0 Å². The Hall–Kier alpha value is -2.77. The van der Waals surface area contributed by atoms with Crippen molar-refractivity contribution in [2.75, 3.05) is 10.6 Å². The van der Waals surface area contributed by atoms with Gasteiger partial charge in [-0.05, 0) is 68.4 Å². The molecule has 27 heavy (non-hydrogen) atoms. The first-order valence-corrected chi connectivity index (χ1v) is 9.55. The number of pyridine rings is 1. The molecule has 2 N–H and O–H groups in total. The summed E-state index contributed by atoms with van der Waals surface area (Å²) in [7, 11) is 0. The Bertz CT molecular complexity index is 836. The van der Waals surface area contributed by atoms with Crippen LogP contribution in [0.15, 0.2) is 30.9 Å². The molecule has 0 saturated heterocycles. The highest BCUT2D eigenvalue weighted by Crippen LogP contribution is 2.57. The van der Waals surface area contributed by atoms with Crippen LogP contribution in [0.4, 0.5) is 23.0 Å². The third kappa shape index (κ3) is 2.98. The summed E-state index contributed by atoms with van der Waals surface area (Å²) < 4.78 is 0. The van der Waals surface area contributed by atoms with Gasteiger partial charge in [0.05, 0.1) is 16.8 Å². The Labute approximate surface area is 157 Å². The lowest BCUT2D eigenvalue weighted by Crippen LogP contribution is -2.55. The van der Waals surface area contributed by atoms with Crippen molar-refractivity contribution in [3.05, 3.63) is 41.0 Å². The molecule has 0 amide bonds. The molecule has 8 nitrogen and oxygen atoms in total. The Morgan fingerprint density at radius 1 is 1.07 bits per heavy atom. The van der Waals surface area contributed by atoms with Crippen molar-refractivity contribution in [3.8, 4) is 0 Å². The fourth-order valence-corrected chi connectivity index (χ4v) is 5.82. The van der Waals surface area contributed by atoms with E-state index in [0.717, 1.165) is 37.0 Å². The maximum Gasteiger partial charge on any atom is 0.353 e. The average Bonchev–Trinajstić information content (AvgIpc) is 2.61. The molecule has 0 atom stereocenters. The van der Waals surface area contributed by atoms with Crippen molar-refractivity contribution < 1.29 is 4.92 Å². The molecule has 4 aliphatic rings. The van der Waals surface area contributed by atoms with E-state index in [2.05, 4.69) is 25.6 Å². The molecule has 0 radical (unpaired) electrons. The summed E-state index contributed by atoms with van der Waals surface area (Å²) in [6.45, 7) is 0. The smallest absolute Gasteiger partial charge is 0.353 e. The first kappa shape index (κ1) is 16.4. The van der Waals surface area contributed by atoms with E-state index in [1.54, 1.807) is 24.5 Å². The molecule has 4 aliphatic carbocycles. The highest BCUT2D eigenvalue weighted by molar-refractivity contribution is 5.74. The summed E-state index contributed by atoms with van der Waals surface area (Å²) >= 11 is 0. The second-order valence-corrected chi connectivity index (χ2v) is 8.37. The van der Waals surface area contributed by atoms with Crippen LogP contribution in [-0.4, -0.2) is 25.4 Å². The van der Waals surface area contributed by atoms with E-state index in [1.807, 2.05) is 0 Å². The molecule has 2 aromatic rings. The largest absolute Gasteiger partial charge is 0.359 e. The Morgan fingerprint density at radius 3 is 2.33 bits per heavy atom. The molecule has 0 aliphatic heterocycles. The molecule has 140 valence electrons. The van der Waals surface area contributed by atoms with Gasteiger partial charge in [0.1, 0.15) is 6.33 Å². The molecule has 2 heterocycles. The number of nitrogens with zero attached hydrogens (tertiary/aromatic N) is 4. The van der Waals surface area contributed by atoms with Crippen LogP contribution in [-0.2, 0) is 0 Å². The van der Waals surface area contributed by atoms with Gasteiger partial charge >= 0.3 is 5.69 Å². The molecule has 4 fully saturated rings. The van der Waals surface area contributed by atoms with Crippen molar-refractivity contribution in [1.29, 1.82) is 0 Å². The minimum atomic E-state index is -0.401. The van der Waals surface area contributed by atoms with Gasteiger partial charge in [-0.2, -0.15) is 0 Å². The van der Waals surface area contributed by atoms with Crippen LogP contribution in [0.2, 0.25) is 0 Å². The number of rotatable bonds is 5. The van der Waals surface area contributed by atoms with E-state index in [0.29, 0.717) is 11.5 Å². The summed E-state index contributed by atoms with van der Waals surface area (Å²) in [5, 5.41) is 18.4. The van der Waals surface area contributed by atoms with Crippen LogP contribution in [0, 0.1) is 27.9 Å². The van der Waals surface area contributed by atoms with Crippen LogP contribution >= 0.6 is 0 Å². The summed E-state index contributed by atoms with van der Waals surface area (Å²) in [6.07, 6.45) is 11.9. The zero-order valence-corrected chi connectivity index (χ0v) is 15.0. The van der Waals surface area contributed by atoms with E-state index in [4.69, 9.17) is 0 Å². The lowest BCUT2D eigenvalue weighted by molar-refractivity contribution is -0.383. The van der Waals surface area contributed by atoms with Crippen molar-refractivity contribution in [2.45, 2.75) is 44.1 Å². The molecule has 2 aromatic heterocycles. The van der Waals surface area contributed by atoms with Crippen LogP contribution in [0.5, 0.6) is 0 Å². The monoisotopic (exact) mass is 366 g/mol. The standard InChI is InChI=1S/C19H22N6O2/c26-25(27)16-17(23-15-2-1-3-20-10-15)21-11-22-18(16)24-19-7-12-4-13(8-19)6-14(5-12)9-19/h1-3,10-14H,4-9H2,(H2,21,22,23,24). The third-order valence-corrected chi connectivity index (χ3v) is 6.35. The van der Waals surface area contributed by atoms with Crippen LogP contribution in [0.1, 0.15) is 38.5 Å². The van der Waals surface area contributed by atoms with Gasteiger partial charge in [-0.25, -0.2) is 9.97 Å². The lowest BCUT2D eigenvalue weighted by atomic mass is 9.53. The number of hydrogen-bond donors (Lipinski definition) is 2. The molecule has 0 unspecified atom stereocenters. The molecule has 8 heteroatoms. The molecule has 6 rings (SSSR count). The Balaban J connectivity index is 1.47. The fourth-order valence-electron chi connectivity index (χ4n) is 5.82. The normalized spacial score (nSPS) is 30.9. The van der Waals surface area contributed by atoms with Gasteiger partial charge in [0.15, 0.2) is 0 Å². The summed E-state index contributed by atoms with van der Waals surface area (Å²) in [5.74, 6) is 2.76. The topological polar surface area (TPSA) is 106 Å². The summed E-state index contributed by atoms with van der Waals surface area (Å²) in [5.41, 5.74) is 0.497. The molecule has 0 spiro atoms. The Kier molecular flexibility index (Phi) is 3.73. The van der Waals surface area contributed by atoms with Gasteiger partial charge in [0.25, 0.3) is 0 Å². The zero-order chi connectivity index (χ0) is 18.4. The molecule has 4 bridgehead atoms. The van der Waals surface area contributed by atoms with Gasteiger partial charge in [-0.15, -0.1) is 0 Å². The van der Waals surface area contributed by atoms with Gasteiger partial charge < -0.3 is 10.6 Å². The molecular formula is C19H22N6O2. The van der Waals surface area contributed by atoms with Crippen LogP contribution < -0.4 is 10.6 Å².